The highest BCUT2D eigenvalue weighted by Gasteiger charge is 2.06. The molecule has 0 unspecified atom stereocenters. The van der Waals surface area contributed by atoms with Crippen molar-refractivity contribution in [2.45, 2.75) is 6.42 Å². The Morgan fingerprint density at radius 1 is 1.36 bits per heavy atom. The van der Waals surface area contributed by atoms with Crippen molar-refractivity contribution in [1.82, 2.24) is 15.5 Å². The summed E-state index contributed by atoms with van der Waals surface area (Å²) in [4.78, 5) is 23.7. The van der Waals surface area contributed by atoms with Gasteiger partial charge in [0.25, 0.3) is 0 Å². The van der Waals surface area contributed by atoms with Gasteiger partial charge in [0.05, 0.1) is 0 Å². The van der Waals surface area contributed by atoms with Crippen molar-refractivity contribution in [3.05, 3.63) is 0 Å². The fourth-order valence-corrected chi connectivity index (χ4v) is 0.876. The number of hydrogen-bond acceptors (Lipinski definition) is 4. The zero-order chi connectivity index (χ0) is 11.0. The number of nitrogens with zero attached hydrogens (tertiary/aromatic N) is 1. The van der Waals surface area contributed by atoms with Crippen LogP contribution in [0.15, 0.2) is 0 Å². The lowest BCUT2D eigenvalue weighted by Crippen LogP contribution is -2.39. The summed E-state index contributed by atoms with van der Waals surface area (Å²) in [5, 5.41) is 4.48. The van der Waals surface area contributed by atoms with E-state index in [1.54, 1.807) is 0 Å². The molecule has 0 aliphatic carbocycles. The number of hydrogen-bond donors (Lipinski definition) is 3. The Labute approximate surface area is 83.8 Å². The molecule has 6 nitrogen and oxygen atoms in total. The molecule has 0 bridgehead atoms. The third-order valence-electron chi connectivity index (χ3n) is 1.71. The lowest BCUT2D eigenvalue weighted by Gasteiger charge is -2.14. The first-order chi connectivity index (χ1) is 6.60. The fraction of sp³-hybridized carbons (Fsp3) is 0.750. The Kier molecular flexibility index (Phi) is 6.69. The van der Waals surface area contributed by atoms with Crippen LogP contribution < -0.4 is 16.4 Å². The van der Waals surface area contributed by atoms with Gasteiger partial charge in [-0.05, 0) is 7.05 Å². The van der Waals surface area contributed by atoms with Gasteiger partial charge in [-0.2, -0.15) is 0 Å². The lowest BCUT2D eigenvalue weighted by molar-refractivity contribution is -0.120. The highest BCUT2D eigenvalue weighted by Crippen LogP contribution is 1.86. The van der Waals surface area contributed by atoms with E-state index in [4.69, 9.17) is 5.73 Å². The Bertz CT molecular complexity index is 196. The van der Waals surface area contributed by atoms with E-state index in [-0.39, 0.29) is 5.91 Å². The summed E-state index contributed by atoms with van der Waals surface area (Å²) in [7, 11) is 3.34. The highest BCUT2D eigenvalue weighted by atomic mass is 16.2. The van der Waals surface area contributed by atoms with Crippen molar-refractivity contribution in [2.75, 3.05) is 33.7 Å². The maximum atomic E-state index is 11.1. The zero-order valence-corrected chi connectivity index (χ0v) is 8.67. The van der Waals surface area contributed by atoms with Crippen LogP contribution in [0.25, 0.3) is 0 Å². The van der Waals surface area contributed by atoms with E-state index in [2.05, 4.69) is 10.6 Å². The third kappa shape index (κ3) is 6.38. The van der Waals surface area contributed by atoms with E-state index in [0.717, 1.165) is 6.54 Å². The van der Waals surface area contributed by atoms with Crippen LogP contribution in [0, 0.1) is 0 Å². The van der Waals surface area contributed by atoms with Gasteiger partial charge in [0.15, 0.2) is 0 Å². The number of likely N-dealkylation sites (N-methyl/N-ethyl adjacent to an activating group) is 1. The number of amides is 3. The Morgan fingerprint density at radius 2 is 2.00 bits per heavy atom. The van der Waals surface area contributed by atoms with Gasteiger partial charge in [-0.3, -0.25) is 10.1 Å². The molecule has 0 heterocycles. The van der Waals surface area contributed by atoms with E-state index >= 15 is 0 Å². The maximum Gasteiger partial charge on any atom is 0.321 e. The Hall–Kier alpha value is -1.14. The van der Waals surface area contributed by atoms with Crippen molar-refractivity contribution >= 4 is 11.9 Å². The first kappa shape index (κ1) is 12.9. The first-order valence-electron chi connectivity index (χ1n) is 4.50. The van der Waals surface area contributed by atoms with Gasteiger partial charge in [0, 0.05) is 33.1 Å². The summed E-state index contributed by atoms with van der Waals surface area (Å²) in [6, 6.07) is -0.475. The van der Waals surface area contributed by atoms with Crippen molar-refractivity contribution in [3.63, 3.8) is 0 Å². The largest absolute Gasteiger partial charge is 0.341 e. The van der Waals surface area contributed by atoms with Crippen molar-refractivity contribution in [2.24, 2.45) is 5.73 Å². The van der Waals surface area contributed by atoms with Crippen LogP contribution in [-0.2, 0) is 4.79 Å². The summed E-state index contributed by atoms with van der Waals surface area (Å²) in [6.07, 6.45) is 0.296. The molecule has 0 saturated carbocycles. The average molecular weight is 202 g/mol. The average Bonchev–Trinajstić information content (AvgIpc) is 2.15. The summed E-state index contributed by atoms with van der Waals surface area (Å²) < 4.78 is 0. The minimum Gasteiger partial charge on any atom is -0.341 e. The zero-order valence-electron chi connectivity index (χ0n) is 8.67. The second-order valence-corrected chi connectivity index (χ2v) is 2.97. The van der Waals surface area contributed by atoms with Crippen LogP contribution >= 0.6 is 0 Å². The van der Waals surface area contributed by atoms with Crippen LogP contribution in [0.4, 0.5) is 4.79 Å². The number of carbonyl (C=O) groups is 2. The second kappa shape index (κ2) is 7.28. The molecule has 0 aliphatic rings. The van der Waals surface area contributed by atoms with E-state index in [9.17, 15) is 9.59 Å². The molecule has 0 radical (unpaired) electrons. The minimum absolute atomic E-state index is 0.284. The number of rotatable bonds is 5. The monoisotopic (exact) mass is 202 g/mol. The molecule has 0 aromatic rings. The molecule has 0 saturated heterocycles. The predicted octanol–water partition coefficient (Wildman–Crippen LogP) is -1.28. The summed E-state index contributed by atoms with van der Waals surface area (Å²) in [5.74, 6) is -0.284. The maximum absolute atomic E-state index is 11.1. The molecule has 0 atom stereocenters. The third-order valence-corrected chi connectivity index (χ3v) is 1.71. The number of nitrogens with two attached hydrogens (primary N) is 1. The van der Waals surface area contributed by atoms with Gasteiger partial charge in [-0.15, -0.1) is 0 Å². The van der Waals surface area contributed by atoms with Gasteiger partial charge in [0.2, 0.25) is 5.91 Å². The molecular formula is C8H18N4O2. The molecule has 0 rings (SSSR count). The van der Waals surface area contributed by atoms with Crippen LogP contribution in [-0.4, -0.2) is 50.6 Å². The molecule has 4 N–H and O–H groups in total. The molecule has 0 aliphatic heterocycles. The fourth-order valence-electron chi connectivity index (χ4n) is 0.876. The number of urea groups is 1. The van der Waals surface area contributed by atoms with E-state index in [0.29, 0.717) is 19.5 Å². The summed E-state index contributed by atoms with van der Waals surface area (Å²) in [5.41, 5.74) is 5.33. The van der Waals surface area contributed by atoms with Crippen molar-refractivity contribution in [1.29, 1.82) is 0 Å². The number of imide groups is 1. The summed E-state index contributed by atoms with van der Waals surface area (Å²) >= 11 is 0. The predicted molar refractivity (Wildman–Crippen MR) is 53.8 cm³/mol. The lowest BCUT2D eigenvalue weighted by atomic mass is 10.3. The molecule has 14 heavy (non-hydrogen) atoms. The van der Waals surface area contributed by atoms with Crippen LogP contribution in [0.5, 0.6) is 0 Å². The minimum atomic E-state index is -0.475. The quantitative estimate of drug-likeness (QED) is 0.518. The topological polar surface area (TPSA) is 87.5 Å². The van der Waals surface area contributed by atoms with Gasteiger partial charge >= 0.3 is 6.03 Å². The van der Waals surface area contributed by atoms with Crippen molar-refractivity contribution in [3.8, 4) is 0 Å². The highest BCUT2D eigenvalue weighted by molar-refractivity contribution is 5.94. The molecule has 0 spiro atoms. The molecule has 6 heteroatoms. The van der Waals surface area contributed by atoms with Crippen LogP contribution in [0.1, 0.15) is 6.42 Å². The second-order valence-electron chi connectivity index (χ2n) is 2.97. The van der Waals surface area contributed by atoms with E-state index < -0.39 is 6.03 Å². The Morgan fingerprint density at radius 3 is 2.50 bits per heavy atom. The number of carbonyl (C=O) groups excluding carboxylic acids is 2. The molecule has 0 aromatic heterocycles. The van der Waals surface area contributed by atoms with Crippen LogP contribution in [0.2, 0.25) is 0 Å². The molecule has 0 fully saturated rings. The first-order valence-corrected chi connectivity index (χ1v) is 4.50. The standard InChI is InChI=1S/C8H18N4O2/c1-10-8(14)11-7(13)3-5-12(2)6-4-9/h3-6,9H2,1-2H3,(H2,10,11,13,14). The molecule has 3 amide bonds. The molecule has 0 aromatic carbocycles. The Balaban J connectivity index is 3.58. The van der Waals surface area contributed by atoms with Gasteiger partial charge in [-0.25, -0.2) is 4.79 Å². The number of nitrogens with one attached hydrogen (secondary N) is 2. The summed E-state index contributed by atoms with van der Waals surface area (Å²) in [6.45, 7) is 1.90. The van der Waals surface area contributed by atoms with Gasteiger partial charge in [0.1, 0.15) is 0 Å². The smallest absolute Gasteiger partial charge is 0.321 e. The molecule has 82 valence electrons. The normalized spacial score (nSPS) is 10.0. The van der Waals surface area contributed by atoms with Crippen LogP contribution in [0.3, 0.4) is 0 Å². The molecular weight excluding hydrogens is 184 g/mol. The SMILES string of the molecule is CNC(=O)NC(=O)CCN(C)CCN. The van der Waals surface area contributed by atoms with Gasteiger partial charge in [-0.1, -0.05) is 0 Å². The van der Waals surface area contributed by atoms with Crippen molar-refractivity contribution < 1.29 is 9.59 Å². The van der Waals surface area contributed by atoms with E-state index in [1.807, 2.05) is 11.9 Å². The van der Waals surface area contributed by atoms with E-state index in [1.165, 1.54) is 7.05 Å². The van der Waals surface area contributed by atoms with Gasteiger partial charge < -0.3 is 16.0 Å².